The lowest BCUT2D eigenvalue weighted by atomic mass is 9.78. The van der Waals surface area contributed by atoms with Crippen LogP contribution in [0.3, 0.4) is 0 Å². The maximum absolute atomic E-state index is 13.9. The van der Waals surface area contributed by atoms with Gasteiger partial charge in [0.05, 0.1) is 5.41 Å². The fourth-order valence-electron chi connectivity index (χ4n) is 6.07. The Balaban J connectivity index is 1.46. The van der Waals surface area contributed by atoms with Crippen molar-refractivity contribution in [1.29, 1.82) is 0 Å². The lowest BCUT2D eigenvalue weighted by molar-refractivity contribution is -0.297. The highest BCUT2D eigenvalue weighted by molar-refractivity contribution is 5.92. The molecule has 1 unspecified atom stereocenters. The molecule has 2 saturated carbocycles. The third kappa shape index (κ3) is 4.27. The molecule has 1 atom stereocenters. The molecule has 0 aromatic carbocycles. The summed E-state index contributed by atoms with van der Waals surface area (Å²) in [7, 11) is 0. The quantitative estimate of drug-likeness (QED) is 0.592. The highest BCUT2D eigenvalue weighted by atomic mass is 19.4. The number of carbonyl (C=O) groups excluding carboxylic acids is 1. The zero-order valence-corrected chi connectivity index (χ0v) is 19.3. The molecule has 4 fully saturated rings. The van der Waals surface area contributed by atoms with Gasteiger partial charge in [0.1, 0.15) is 5.82 Å². The molecule has 2 aliphatic carbocycles. The van der Waals surface area contributed by atoms with Gasteiger partial charge in [0.15, 0.2) is 5.92 Å². The van der Waals surface area contributed by atoms with E-state index in [2.05, 4.69) is 9.97 Å². The number of amides is 2. The van der Waals surface area contributed by atoms with E-state index >= 15 is 0 Å². The number of piperidine rings is 1. The molecule has 3 heterocycles. The molecule has 2 saturated heterocycles. The van der Waals surface area contributed by atoms with Crippen molar-refractivity contribution in [3.05, 3.63) is 23.8 Å². The number of rotatable bonds is 4. The third-order valence-electron chi connectivity index (χ3n) is 8.34. The number of aromatic nitrogens is 2. The fraction of sp³-hybridized carbons (Fsp3) is 0.739. The van der Waals surface area contributed by atoms with Crippen molar-refractivity contribution in [2.75, 3.05) is 19.6 Å². The van der Waals surface area contributed by atoms with Crippen molar-refractivity contribution in [3.63, 3.8) is 0 Å². The summed E-state index contributed by atoms with van der Waals surface area (Å²) in [6.07, 6.45) is -6.91. The minimum Gasteiger partial charge on any atom is -0.465 e. The smallest absolute Gasteiger partial charge is 0.407 e. The molecule has 7 nitrogen and oxygen atoms in total. The number of hydrogen-bond acceptors (Lipinski definition) is 4. The summed E-state index contributed by atoms with van der Waals surface area (Å²) >= 11 is 0. The van der Waals surface area contributed by atoms with Crippen molar-refractivity contribution in [2.24, 2.45) is 11.8 Å². The van der Waals surface area contributed by atoms with Crippen LogP contribution in [0.1, 0.15) is 62.3 Å². The summed E-state index contributed by atoms with van der Waals surface area (Å²) in [5.74, 6) is -4.99. The van der Waals surface area contributed by atoms with Crippen LogP contribution in [0, 0.1) is 11.8 Å². The van der Waals surface area contributed by atoms with Gasteiger partial charge in [-0.2, -0.15) is 26.3 Å². The number of alkyl halides is 6. The third-order valence-corrected chi connectivity index (χ3v) is 8.34. The molecule has 2 aliphatic heterocycles. The number of carboxylic acid groups (broad SMARTS) is 1. The second-order valence-corrected chi connectivity index (χ2v) is 10.6. The summed E-state index contributed by atoms with van der Waals surface area (Å²) in [5, 5.41) is 9.29. The molecule has 5 rings (SSSR count). The van der Waals surface area contributed by atoms with Crippen LogP contribution >= 0.6 is 0 Å². The van der Waals surface area contributed by atoms with Crippen LogP contribution in [0.15, 0.2) is 12.4 Å². The van der Waals surface area contributed by atoms with Crippen molar-refractivity contribution in [3.8, 4) is 0 Å². The fourth-order valence-corrected chi connectivity index (χ4v) is 6.07. The summed E-state index contributed by atoms with van der Waals surface area (Å²) in [6, 6.07) is 0. The van der Waals surface area contributed by atoms with E-state index in [4.69, 9.17) is 0 Å². The SMILES string of the molecule is O=C(O)N1CCC2(CC1)CC(C(C(F)(F)F)C(F)(F)F)CN2C(=O)C1(c2cnc(C3CC3)nc2)CC1. The van der Waals surface area contributed by atoms with Gasteiger partial charge >= 0.3 is 18.4 Å². The Labute approximate surface area is 202 Å². The van der Waals surface area contributed by atoms with Crippen LogP contribution in [0.2, 0.25) is 0 Å². The topological polar surface area (TPSA) is 86.6 Å². The van der Waals surface area contributed by atoms with Gasteiger partial charge in [-0.25, -0.2) is 14.8 Å². The van der Waals surface area contributed by atoms with Crippen LogP contribution in [0.4, 0.5) is 31.1 Å². The number of hydrogen-bond donors (Lipinski definition) is 1. The molecule has 36 heavy (non-hydrogen) atoms. The van der Waals surface area contributed by atoms with E-state index in [0.29, 0.717) is 24.2 Å². The van der Waals surface area contributed by atoms with Crippen LogP contribution in [0.25, 0.3) is 0 Å². The number of nitrogens with zero attached hydrogens (tertiary/aromatic N) is 4. The Bertz CT molecular complexity index is 1010. The minimum atomic E-state index is -5.52. The Morgan fingerprint density at radius 1 is 0.972 bits per heavy atom. The Kier molecular flexibility index (Phi) is 5.71. The maximum atomic E-state index is 13.9. The van der Waals surface area contributed by atoms with Gasteiger partial charge in [0, 0.05) is 49.0 Å². The van der Waals surface area contributed by atoms with Gasteiger partial charge in [0.25, 0.3) is 0 Å². The average Bonchev–Trinajstić information content (AvgIpc) is 3.70. The monoisotopic (exact) mass is 520 g/mol. The van der Waals surface area contributed by atoms with Crippen molar-refractivity contribution >= 4 is 12.0 Å². The van der Waals surface area contributed by atoms with Crippen LogP contribution < -0.4 is 0 Å². The zero-order chi connectivity index (χ0) is 26.1. The van der Waals surface area contributed by atoms with Crippen molar-refractivity contribution in [1.82, 2.24) is 19.8 Å². The minimum absolute atomic E-state index is 0.0167. The van der Waals surface area contributed by atoms with Crippen LogP contribution in [-0.2, 0) is 10.2 Å². The van der Waals surface area contributed by atoms with E-state index in [9.17, 15) is 41.0 Å². The van der Waals surface area contributed by atoms with Crippen LogP contribution in [0.5, 0.6) is 0 Å². The highest BCUT2D eigenvalue weighted by Gasteiger charge is 2.66. The first-order chi connectivity index (χ1) is 16.8. The molecule has 13 heteroatoms. The average molecular weight is 520 g/mol. The molecule has 2 amide bonds. The van der Waals surface area contributed by atoms with Gasteiger partial charge in [0.2, 0.25) is 5.91 Å². The van der Waals surface area contributed by atoms with E-state index in [1.54, 1.807) is 12.4 Å². The molecule has 0 radical (unpaired) electrons. The Morgan fingerprint density at radius 3 is 1.97 bits per heavy atom. The van der Waals surface area contributed by atoms with Gasteiger partial charge in [-0.15, -0.1) is 0 Å². The molecule has 1 aromatic rings. The van der Waals surface area contributed by atoms with Crippen molar-refractivity contribution in [2.45, 2.75) is 74.2 Å². The molecular weight excluding hydrogens is 494 g/mol. The summed E-state index contributed by atoms with van der Waals surface area (Å²) in [6.45, 7) is -0.820. The Morgan fingerprint density at radius 2 is 1.53 bits per heavy atom. The van der Waals surface area contributed by atoms with Gasteiger partial charge in [-0.1, -0.05) is 0 Å². The molecule has 1 aromatic heterocycles. The number of likely N-dealkylation sites (tertiary alicyclic amines) is 2. The second kappa shape index (κ2) is 8.20. The summed E-state index contributed by atoms with van der Waals surface area (Å²) < 4.78 is 81.7. The van der Waals surface area contributed by atoms with Gasteiger partial charge in [-0.3, -0.25) is 4.79 Å². The van der Waals surface area contributed by atoms with E-state index < -0.39 is 60.1 Å². The number of carbonyl (C=O) groups is 2. The standard InChI is InChI=1S/C23H26F6N4O3/c24-22(25,26)16(23(27,28)29)14-9-20(5-7-32(8-6-20)19(35)36)33(12-14)18(34)21(3-4-21)15-10-30-17(31-11-15)13-1-2-13/h10-11,13-14,16H,1-9,12H2,(H,35,36). The molecule has 1 spiro atoms. The zero-order valence-electron chi connectivity index (χ0n) is 19.3. The first-order valence-corrected chi connectivity index (χ1v) is 12.0. The molecule has 0 bridgehead atoms. The molecule has 4 aliphatic rings. The first-order valence-electron chi connectivity index (χ1n) is 12.0. The summed E-state index contributed by atoms with van der Waals surface area (Å²) in [4.78, 5) is 36.2. The summed E-state index contributed by atoms with van der Waals surface area (Å²) in [5.41, 5.74) is -1.83. The van der Waals surface area contributed by atoms with Crippen LogP contribution in [-0.4, -0.2) is 74.4 Å². The van der Waals surface area contributed by atoms with E-state index in [1.165, 1.54) is 4.90 Å². The highest BCUT2D eigenvalue weighted by Crippen LogP contribution is 2.56. The van der Waals surface area contributed by atoms with E-state index in [-0.39, 0.29) is 31.8 Å². The predicted molar refractivity (Wildman–Crippen MR) is 112 cm³/mol. The molecular formula is C23H26F6N4O3. The van der Waals surface area contributed by atoms with E-state index in [1.807, 2.05) is 0 Å². The molecule has 1 N–H and O–H groups in total. The lowest BCUT2D eigenvalue weighted by Gasteiger charge is -2.45. The molecule has 198 valence electrons. The largest absolute Gasteiger partial charge is 0.465 e. The van der Waals surface area contributed by atoms with Gasteiger partial charge in [-0.05, 0) is 50.9 Å². The predicted octanol–water partition coefficient (Wildman–Crippen LogP) is 4.49. The van der Waals surface area contributed by atoms with E-state index in [0.717, 1.165) is 17.7 Å². The lowest BCUT2D eigenvalue weighted by Crippen LogP contribution is -2.56. The normalized spacial score (nSPS) is 25.5. The first kappa shape index (κ1) is 25.1. The van der Waals surface area contributed by atoms with Crippen molar-refractivity contribution < 1.29 is 41.0 Å². The number of halogens is 6. The second-order valence-electron chi connectivity index (χ2n) is 10.6. The maximum Gasteiger partial charge on any atom is 0.407 e. The van der Waals surface area contributed by atoms with Gasteiger partial charge < -0.3 is 14.9 Å². The Hall–Kier alpha value is -2.60.